The summed E-state index contributed by atoms with van der Waals surface area (Å²) in [6, 6.07) is 0.230. The average Bonchev–Trinajstić information content (AvgIpc) is 2.88. The van der Waals surface area contributed by atoms with Crippen molar-refractivity contribution in [2.45, 2.75) is 87.1 Å². The number of likely N-dealkylation sites (tertiary alicyclic amines) is 1. The van der Waals surface area contributed by atoms with E-state index in [4.69, 9.17) is 0 Å². The van der Waals surface area contributed by atoms with Crippen LogP contribution in [0.4, 0.5) is 0 Å². The lowest BCUT2D eigenvalue weighted by molar-refractivity contribution is -0.147. The van der Waals surface area contributed by atoms with E-state index in [0.29, 0.717) is 12.3 Å². The molecule has 1 N–H and O–H groups in total. The Bertz CT molecular complexity index is 558. The summed E-state index contributed by atoms with van der Waals surface area (Å²) in [7, 11) is 0. The maximum atomic E-state index is 12.3. The molecule has 0 aliphatic carbocycles. The molecule has 0 spiro atoms. The highest BCUT2D eigenvalue weighted by atomic mass is 16.4. The van der Waals surface area contributed by atoms with Crippen LogP contribution in [0, 0.1) is 28.1 Å². The predicted molar refractivity (Wildman–Crippen MR) is 111 cm³/mol. The smallest absolute Gasteiger partial charge is 0.307 e. The van der Waals surface area contributed by atoms with Crippen LogP contribution in [0.1, 0.15) is 81.1 Å². The molecule has 1 aliphatic heterocycles. The van der Waals surface area contributed by atoms with Gasteiger partial charge >= 0.3 is 5.97 Å². The van der Waals surface area contributed by atoms with Crippen LogP contribution in [0.15, 0.2) is 12.7 Å². The van der Waals surface area contributed by atoms with Gasteiger partial charge in [-0.3, -0.25) is 9.59 Å². The molecule has 27 heavy (non-hydrogen) atoms. The molecular weight excluding hydrogens is 338 g/mol. The van der Waals surface area contributed by atoms with Gasteiger partial charge in [0, 0.05) is 12.6 Å². The lowest BCUT2D eigenvalue weighted by atomic mass is 9.66. The fraction of sp³-hybridized carbons (Fsp3) is 0.826. The fourth-order valence-electron chi connectivity index (χ4n) is 4.45. The van der Waals surface area contributed by atoms with Crippen LogP contribution >= 0.6 is 0 Å². The van der Waals surface area contributed by atoms with Crippen molar-refractivity contribution in [3.63, 3.8) is 0 Å². The van der Waals surface area contributed by atoms with Gasteiger partial charge in [0.2, 0.25) is 5.91 Å². The molecule has 0 aromatic heterocycles. The number of amides is 1. The van der Waals surface area contributed by atoms with Crippen LogP contribution in [-0.4, -0.2) is 34.5 Å². The van der Waals surface area contributed by atoms with E-state index >= 15 is 0 Å². The summed E-state index contributed by atoms with van der Waals surface area (Å²) < 4.78 is 0. The van der Waals surface area contributed by atoms with Gasteiger partial charge in [-0.25, -0.2) is 0 Å². The monoisotopic (exact) mass is 379 g/mol. The summed E-state index contributed by atoms with van der Waals surface area (Å²) in [6.45, 7) is 21.4. The maximum Gasteiger partial charge on any atom is 0.307 e. The number of carboxylic acids is 1. The molecule has 1 amide bonds. The van der Waals surface area contributed by atoms with Crippen molar-refractivity contribution in [3.05, 3.63) is 12.7 Å². The second kappa shape index (κ2) is 8.36. The maximum absolute atomic E-state index is 12.3. The van der Waals surface area contributed by atoms with E-state index in [2.05, 4.69) is 62.0 Å². The number of rotatable bonds is 8. The molecule has 0 saturated carbocycles. The molecule has 1 saturated heterocycles. The molecule has 4 nitrogen and oxygen atoms in total. The average molecular weight is 380 g/mol. The number of carboxylic acid groups (broad SMARTS) is 1. The Labute approximate surface area is 166 Å². The number of carbonyl (C=O) groups excluding carboxylic acids is 1. The van der Waals surface area contributed by atoms with Crippen molar-refractivity contribution in [2.24, 2.45) is 28.1 Å². The minimum atomic E-state index is -0.699. The van der Waals surface area contributed by atoms with Gasteiger partial charge in [-0.05, 0) is 53.9 Å². The molecule has 3 atom stereocenters. The molecule has 1 rings (SSSR count). The largest absolute Gasteiger partial charge is 0.481 e. The Morgan fingerprint density at radius 2 is 1.81 bits per heavy atom. The number of aliphatic carboxylic acids is 1. The molecule has 1 fully saturated rings. The molecule has 0 radical (unpaired) electrons. The number of hydrogen-bond acceptors (Lipinski definition) is 2. The predicted octanol–water partition coefficient (Wildman–Crippen LogP) is 5.38. The quantitative estimate of drug-likeness (QED) is 0.576. The number of hydrogen-bond donors (Lipinski definition) is 1. The SMILES string of the molecule is C=CC(=O)N1CC(C)(CCC(C)(C)C(CC(C)(C)C)C(=O)O)CC1C(C)C. The molecule has 0 aromatic rings. The van der Waals surface area contributed by atoms with Gasteiger partial charge in [0.05, 0.1) is 5.92 Å². The molecule has 0 bridgehead atoms. The Morgan fingerprint density at radius 1 is 1.26 bits per heavy atom. The summed E-state index contributed by atoms with van der Waals surface area (Å²) in [5, 5.41) is 9.83. The van der Waals surface area contributed by atoms with E-state index in [0.717, 1.165) is 25.8 Å². The molecule has 3 unspecified atom stereocenters. The standard InChI is InChI=1S/C23H41NO3/c1-10-19(25)24-15-23(9,14-18(24)16(2)3)12-11-22(7,8)17(20(26)27)13-21(4,5)6/h10,16-18H,1,11-15H2,2-9H3,(H,26,27). The van der Waals surface area contributed by atoms with Gasteiger partial charge in [0.15, 0.2) is 0 Å². The third-order valence-electron chi connectivity index (χ3n) is 6.31. The summed E-state index contributed by atoms with van der Waals surface area (Å²) in [4.78, 5) is 26.2. The third kappa shape index (κ3) is 6.36. The summed E-state index contributed by atoms with van der Waals surface area (Å²) in [5.41, 5.74) is -0.283. The fourth-order valence-corrected chi connectivity index (χ4v) is 4.45. The van der Waals surface area contributed by atoms with E-state index < -0.39 is 5.97 Å². The van der Waals surface area contributed by atoms with Gasteiger partial charge in [0.1, 0.15) is 0 Å². The topological polar surface area (TPSA) is 57.6 Å². The Balaban J connectivity index is 2.92. The van der Waals surface area contributed by atoms with Gasteiger partial charge < -0.3 is 10.0 Å². The van der Waals surface area contributed by atoms with Crippen LogP contribution in [-0.2, 0) is 9.59 Å². The van der Waals surface area contributed by atoms with Gasteiger partial charge in [-0.1, -0.05) is 62.0 Å². The van der Waals surface area contributed by atoms with Crippen LogP contribution < -0.4 is 0 Å². The minimum absolute atomic E-state index is 0.00725. The lowest BCUT2D eigenvalue weighted by Gasteiger charge is -2.37. The third-order valence-corrected chi connectivity index (χ3v) is 6.31. The van der Waals surface area contributed by atoms with Crippen LogP contribution in [0.3, 0.4) is 0 Å². The molecule has 1 heterocycles. The van der Waals surface area contributed by atoms with E-state index in [1.165, 1.54) is 6.08 Å². The second-order valence-electron chi connectivity index (χ2n) is 11.1. The summed E-state index contributed by atoms with van der Waals surface area (Å²) in [6.07, 6.45) is 4.82. The lowest BCUT2D eigenvalue weighted by Crippen LogP contribution is -2.38. The highest BCUT2D eigenvalue weighted by Crippen LogP contribution is 2.46. The first kappa shape index (κ1) is 23.7. The van der Waals surface area contributed by atoms with Gasteiger partial charge in [-0.15, -0.1) is 0 Å². The number of carbonyl (C=O) groups is 2. The zero-order valence-corrected chi connectivity index (χ0v) is 18.8. The molecule has 156 valence electrons. The van der Waals surface area contributed by atoms with E-state index in [1.807, 2.05) is 4.90 Å². The number of nitrogens with zero attached hydrogens (tertiary/aromatic N) is 1. The summed E-state index contributed by atoms with van der Waals surface area (Å²) in [5.74, 6) is -0.659. The van der Waals surface area contributed by atoms with E-state index in [9.17, 15) is 14.7 Å². The van der Waals surface area contributed by atoms with Crippen molar-refractivity contribution in [2.75, 3.05) is 6.54 Å². The van der Waals surface area contributed by atoms with Gasteiger partial charge in [0.25, 0.3) is 0 Å². The van der Waals surface area contributed by atoms with Crippen molar-refractivity contribution >= 4 is 11.9 Å². The van der Waals surface area contributed by atoms with Crippen molar-refractivity contribution in [1.29, 1.82) is 0 Å². The van der Waals surface area contributed by atoms with Crippen LogP contribution in [0.5, 0.6) is 0 Å². The van der Waals surface area contributed by atoms with Crippen molar-refractivity contribution in [1.82, 2.24) is 4.90 Å². The first-order valence-corrected chi connectivity index (χ1v) is 10.3. The zero-order chi connectivity index (χ0) is 21.2. The van der Waals surface area contributed by atoms with Crippen LogP contribution in [0.2, 0.25) is 0 Å². The Kier molecular flexibility index (Phi) is 7.35. The molecule has 1 aliphatic rings. The zero-order valence-electron chi connectivity index (χ0n) is 18.8. The van der Waals surface area contributed by atoms with Crippen molar-refractivity contribution < 1.29 is 14.7 Å². The van der Waals surface area contributed by atoms with Crippen LogP contribution in [0.25, 0.3) is 0 Å². The summed E-state index contributed by atoms with van der Waals surface area (Å²) >= 11 is 0. The minimum Gasteiger partial charge on any atom is -0.481 e. The first-order chi connectivity index (χ1) is 12.1. The van der Waals surface area contributed by atoms with Crippen molar-refractivity contribution in [3.8, 4) is 0 Å². The second-order valence-corrected chi connectivity index (χ2v) is 11.1. The van der Waals surface area contributed by atoms with Gasteiger partial charge in [-0.2, -0.15) is 0 Å². The molecule has 0 aromatic carbocycles. The highest BCUT2D eigenvalue weighted by Gasteiger charge is 2.45. The molecular formula is C23H41NO3. The highest BCUT2D eigenvalue weighted by molar-refractivity contribution is 5.87. The first-order valence-electron chi connectivity index (χ1n) is 10.3. The Hall–Kier alpha value is -1.32. The van der Waals surface area contributed by atoms with E-state index in [-0.39, 0.29) is 34.1 Å². The molecule has 4 heteroatoms. The van der Waals surface area contributed by atoms with E-state index in [1.54, 1.807) is 0 Å². The normalized spacial score (nSPS) is 24.9. The Morgan fingerprint density at radius 3 is 2.22 bits per heavy atom.